The number of benzene rings is 10. The number of nitrogens with zero attached hydrogens (tertiary/aromatic N) is 2. The third-order valence-electron chi connectivity index (χ3n) is 13.9. The van der Waals surface area contributed by atoms with E-state index in [-0.39, 0.29) is 0 Å². The van der Waals surface area contributed by atoms with E-state index in [4.69, 9.17) is 9.97 Å². The fourth-order valence-corrected chi connectivity index (χ4v) is 12.8. The van der Waals surface area contributed by atoms with Crippen molar-refractivity contribution in [3.8, 4) is 78.3 Å². The largest absolute Gasteiger partial charge is 0.248 e. The summed E-state index contributed by atoms with van der Waals surface area (Å²) >= 11 is 3.74. The van der Waals surface area contributed by atoms with E-state index in [0.717, 1.165) is 61.5 Å². The molecule has 0 aliphatic carbocycles. The van der Waals surface area contributed by atoms with Gasteiger partial charge in [-0.25, -0.2) is 9.97 Å². The highest BCUT2D eigenvalue weighted by molar-refractivity contribution is 7.26. The van der Waals surface area contributed by atoms with Crippen molar-refractivity contribution in [1.29, 1.82) is 0 Å². The lowest BCUT2D eigenvalue weighted by Crippen LogP contribution is -1.93. The van der Waals surface area contributed by atoms with E-state index in [0.29, 0.717) is 0 Å². The van der Waals surface area contributed by atoms with Crippen LogP contribution in [0.2, 0.25) is 0 Å². The number of fused-ring (bicyclic) bond motifs is 10. The number of aromatic nitrogens is 2. The molecule has 0 fully saturated rings. The van der Waals surface area contributed by atoms with E-state index in [1.54, 1.807) is 0 Å². The van der Waals surface area contributed by atoms with E-state index in [1.807, 2.05) is 34.8 Å². The number of rotatable bonds is 7. The summed E-state index contributed by atoms with van der Waals surface area (Å²) in [5.41, 5.74) is 16.7. The van der Waals surface area contributed by atoms with Crippen molar-refractivity contribution in [2.45, 2.75) is 0 Å². The van der Waals surface area contributed by atoms with Gasteiger partial charge in [-0.05, 0) is 75.3 Å². The van der Waals surface area contributed by atoms with E-state index in [1.165, 1.54) is 78.8 Å². The molecule has 0 amide bonds. The van der Waals surface area contributed by atoms with Gasteiger partial charge in [0.25, 0.3) is 0 Å². The van der Waals surface area contributed by atoms with Crippen LogP contribution in [0.5, 0.6) is 0 Å². The van der Waals surface area contributed by atoms with Crippen molar-refractivity contribution in [3.05, 3.63) is 243 Å². The van der Waals surface area contributed by atoms with E-state index < -0.39 is 0 Å². The average molecular weight is 925 g/mol. The van der Waals surface area contributed by atoms with E-state index in [2.05, 4.69) is 231 Å². The summed E-state index contributed by atoms with van der Waals surface area (Å²) in [7, 11) is 0. The monoisotopic (exact) mass is 924 g/mol. The Morgan fingerprint density at radius 2 is 0.786 bits per heavy atom. The molecule has 0 aliphatic heterocycles. The van der Waals surface area contributed by atoms with Gasteiger partial charge in [0.2, 0.25) is 0 Å². The van der Waals surface area contributed by atoms with Crippen molar-refractivity contribution >= 4 is 84.7 Å². The SMILES string of the molecule is c1ccc(-c2cc(-c3ccc(-c4ccc5sc6c(-c7ccc(-c8cccc9c8nc(-c8ccccc8)c8ccc%10sc%11ccccc%11c%10c89)cc7)cccc6c5c4)cc3)cc(-c3ccccc3)n2)cc1. The van der Waals surface area contributed by atoms with Gasteiger partial charge < -0.3 is 0 Å². The highest BCUT2D eigenvalue weighted by atomic mass is 32.1. The van der Waals surface area contributed by atoms with Gasteiger partial charge in [0.1, 0.15) is 0 Å². The molecule has 0 unspecified atom stereocenters. The fourth-order valence-electron chi connectivity index (χ4n) is 10.5. The van der Waals surface area contributed by atoms with Crippen LogP contribution < -0.4 is 0 Å². The lowest BCUT2D eigenvalue weighted by atomic mass is 9.93. The molecule has 0 N–H and O–H groups in total. The van der Waals surface area contributed by atoms with Gasteiger partial charge in [-0.2, -0.15) is 0 Å². The molecule has 326 valence electrons. The lowest BCUT2D eigenvalue weighted by molar-refractivity contribution is 1.32. The minimum Gasteiger partial charge on any atom is -0.248 e. The molecule has 14 rings (SSSR count). The summed E-state index contributed by atoms with van der Waals surface area (Å²) in [5, 5.41) is 8.81. The van der Waals surface area contributed by atoms with Crippen LogP contribution in [0, 0.1) is 0 Å². The molecule has 4 heterocycles. The zero-order valence-electron chi connectivity index (χ0n) is 37.8. The first-order valence-corrected chi connectivity index (χ1v) is 25.3. The normalized spacial score (nSPS) is 11.7. The van der Waals surface area contributed by atoms with Gasteiger partial charge in [-0.3, -0.25) is 0 Å². The van der Waals surface area contributed by atoms with Crippen molar-refractivity contribution in [2.75, 3.05) is 0 Å². The second-order valence-electron chi connectivity index (χ2n) is 18.0. The van der Waals surface area contributed by atoms with Gasteiger partial charge in [0.15, 0.2) is 0 Å². The molecular weight excluding hydrogens is 885 g/mol. The van der Waals surface area contributed by atoms with Gasteiger partial charge in [0.05, 0.1) is 22.6 Å². The standard InChI is InChI=1S/C66H40N2S2/c1-4-14-45(15-5-1)57-39-49(40-58(67-57)46-16-6-2-7-17-46)42-28-26-41(27-29-42)48-34-36-60-56(38-48)52-23-13-22-51(66(52)70-60)44-32-30-43(31-33-44)50-21-12-24-54-62-55(64(68-65(50)54)47-18-8-3-9-19-47)35-37-61-63(62)53-20-10-11-25-59(53)69-61/h1-40H. The molecule has 0 atom stereocenters. The maximum atomic E-state index is 5.54. The molecule has 4 aromatic heterocycles. The van der Waals surface area contributed by atoms with Crippen LogP contribution in [0.25, 0.3) is 140 Å². The summed E-state index contributed by atoms with van der Waals surface area (Å²) in [5.74, 6) is 0. The van der Waals surface area contributed by atoms with Gasteiger partial charge in [-0.15, -0.1) is 22.7 Å². The fraction of sp³-hybridized carbons (Fsp3) is 0. The first-order chi connectivity index (χ1) is 34.7. The van der Waals surface area contributed by atoms with Crippen LogP contribution in [-0.4, -0.2) is 9.97 Å². The maximum absolute atomic E-state index is 5.54. The molecule has 14 aromatic rings. The topological polar surface area (TPSA) is 25.8 Å². The number of hydrogen-bond donors (Lipinski definition) is 0. The Balaban J connectivity index is 0.821. The molecule has 0 saturated carbocycles. The number of pyridine rings is 2. The Bertz CT molecular complexity index is 4250. The van der Waals surface area contributed by atoms with Gasteiger partial charge >= 0.3 is 0 Å². The Kier molecular flexibility index (Phi) is 9.61. The predicted octanol–water partition coefficient (Wildman–Crippen LogP) is 19.2. The smallest absolute Gasteiger partial charge is 0.0794 e. The highest BCUT2D eigenvalue weighted by Gasteiger charge is 2.19. The molecule has 0 aliphatic rings. The van der Waals surface area contributed by atoms with Crippen LogP contribution in [0.15, 0.2) is 243 Å². The summed E-state index contributed by atoms with van der Waals surface area (Å²) in [6.45, 7) is 0. The molecule has 0 radical (unpaired) electrons. The second kappa shape index (κ2) is 16.6. The zero-order chi connectivity index (χ0) is 46.1. The highest BCUT2D eigenvalue weighted by Crippen LogP contribution is 2.46. The molecule has 2 nitrogen and oxygen atoms in total. The van der Waals surface area contributed by atoms with E-state index >= 15 is 0 Å². The Morgan fingerprint density at radius 3 is 1.49 bits per heavy atom. The molecule has 4 heteroatoms. The van der Waals surface area contributed by atoms with Crippen LogP contribution in [0.4, 0.5) is 0 Å². The Morgan fingerprint density at radius 1 is 0.257 bits per heavy atom. The number of thiophene rings is 2. The quantitative estimate of drug-likeness (QED) is 0.149. The molecule has 10 aromatic carbocycles. The summed E-state index contributed by atoms with van der Waals surface area (Å²) < 4.78 is 5.19. The first-order valence-electron chi connectivity index (χ1n) is 23.7. The van der Waals surface area contributed by atoms with E-state index in [9.17, 15) is 0 Å². The van der Waals surface area contributed by atoms with Crippen LogP contribution in [0.3, 0.4) is 0 Å². The zero-order valence-corrected chi connectivity index (χ0v) is 39.4. The van der Waals surface area contributed by atoms with Gasteiger partial charge in [-0.1, -0.05) is 206 Å². The minimum absolute atomic E-state index is 0.966. The lowest BCUT2D eigenvalue weighted by Gasteiger charge is -2.15. The van der Waals surface area contributed by atoms with Crippen LogP contribution >= 0.6 is 22.7 Å². The average Bonchev–Trinajstić information content (AvgIpc) is 4.02. The maximum Gasteiger partial charge on any atom is 0.0794 e. The van der Waals surface area contributed by atoms with Gasteiger partial charge in [0, 0.05) is 78.8 Å². The van der Waals surface area contributed by atoms with Crippen LogP contribution in [0.1, 0.15) is 0 Å². The summed E-state index contributed by atoms with van der Waals surface area (Å²) in [6.07, 6.45) is 0. The van der Waals surface area contributed by atoms with Crippen LogP contribution in [-0.2, 0) is 0 Å². The first kappa shape index (κ1) is 40.5. The third-order valence-corrected chi connectivity index (χ3v) is 16.3. The summed E-state index contributed by atoms with van der Waals surface area (Å²) in [6, 6.07) is 87.9. The number of para-hydroxylation sites is 1. The molecule has 70 heavy (non-hydrogen) atoms. The van der Waals surface area contributed by atoms with Crippen molar-refractivity contribution in [3.63, 3.8) is 0 Å². The molecule has 0 bridgehead atoms. The Labute approximate surface area is 413 Å². The number of hydrogen-bond acceptors (Lipinski definition) is 4. The Hall–Kier alpha value is -8.54. The second-order valence-corrected chi connectivity index (χ2v) is 20.1. The minimum atomic E-state index is 0.966. The molecular formula is C66H40N2S2. The summed E-state index contributed by atoms with van der Waals surface area (Å²) in [4.78, 5) is 10.6. The third kappa shape index (κ3) is 6.83. The predicted molar refractivity (Wildman–Crippen MR) is 301 cm³/mol. The van der Waals surface area contributed by atoms with Crippen molar-refractivity contribution in [1.82, 2.24) is 9.97 Å². The molecule has 0 spiro atoms. The van der Waals surface area contributed by atoms with Crippen molar-refractivity contribution in [2.24, 2.45) is 0 Å². The molecule has 0 saturated heterocycles. The van der Waals surface area contributed by atoms with Crippen molar-refractivity contribution < 1.29 is 0 Å².